The molecule has 198 valence electrons. The quantitative estimate of drug-likeness (QED) is 0.452. The van der Waals surface area contributed by atoms with Gasteiger partial charge in [0.15, 0.2) is 11.5 Å². The molecule has 1 atom stereocenters. The summed E-state index contributed by atoms with van der Waals surface area (Å²) in [6.07, 6.45) is 3.88. The smallest absolute Gasteiger partial charge is 0.255 e. The summed E-state index contributed by atoms with van der Waals surface area (Å²) in [4.78, 5) is 29.6. The average Bonchev–Trinajstić information content (AvgIpc) is 3.46. The first-order valence-corrected chi connectivity index (χ1v) is 12.9. The first kappa shape index (κ1) is 25.6. The molecule has 3 aromatic rings. The van der Waals surface area contributed by atoms with Crippen LogP contribution in [0.25, 0.3) is 0 Å². The molecule has 1 N–H and O–H groups in total. The minimum Gasteiger partial charge on any atom is -0.496 e. The van der Waals surface area contributed by atoms with Gasteiger partial charge in [-0.25, -0.2) is 4.39 Å². The lowest BCUT2D eigenvalue weighted by molar-refractivity contribution is -0.126. The molecule has 0 saturated heterocycles. The number of para-hydroxylation sites is 1. The van der Waals surface area contributed by atoms with Gasteiger partial charge in [0, 0.05) is 17.2 Å². The number of carbonyl (C=O) groups is 2. The van der Waals surface area contributed by atoms with E-state index in [1.165, 1.54) is 17.0 Å². The van der Waals surface area contributed by atoms with Gasteiger partial charge in [0.1, 0.15) is 30.8 Å². The third-order valence-electron chi connectivity index (χ3n) is 7.03. The van der Waals surface area contributed by atoms with Gasteiger partial charge in [0.05, 0.1) is 13.7 Å². The van der Waals surface area contributed by atoms with E-state index in [1.54, 1.807) is 37.4 Å². The molecule has 1 aliphatic heterocycles. The third kappa shape index (κ3) is 5.59. The summed E-state index contributed by atoms with van der Waals surface area (Å²) in [7, 11) is 1.57. The van der Waals surface area contributed by atoms with Crippen LogP contribution in [0.4, 0.5) is 4.39 Å². The fourth-order valence-corrected chi connectivity index (χ4v) is 5.11. The second kappa shape index (κ2) is 11.5. The Bertz CT molecular complexity index is 1290. The van der Waals surface area contributed by atoms with Crippen molar-refractivity contribution in [1.29, 1.82) is 0 Å². The lowest BCUT2D eigenvalue weighted by Gasteiger charge is -2.33. The normalized spacial score (nSPS) is 15.5. The largest absolute Gasteiger partial charge is 0.496 e. The zero-order valence-corrected chi connectivity index (χ0v) is 21.3. The lowest BCUT2D eigenvalue weighted by atomic mass is 10.0. The van der Waals surface area contributed by atoms with E-state index in [2.05, 4.69) is 5.32 Å². The van der Waals surface area contributed by atoms with Crippen LogP contribution in [-0.4, -0.2) is 43.1 Å². The molecule has 3 aromatic carbocycles. The van der Waals surface area contributed by atoms with Gasteiger partial charge in [-0.1, -0.05) is 43.2 Å². The average molecular weight is 519 g/mol. The zero-order valence-electron chi connectivity index (χ0n) is 21.3. The van der Waals surface area contributed by atoms with E-state index >= 15 is 0 Å². The highest BCUT2D eigenvalue weighted by Gasteiger charge is 2.34. The fraction of sp³-hybridized carbons (Fsp3) is 0.333. The van der Waals surface area contributed by atoms with E-state index < -0.39 is 11.9 Å². The van der Waals surface area contributed by atoms with Gasteiger partial charge in [0.2, 0.25) is 5.91 Å². The molecule has 2 amide bonds. The van der Waals surface area contributed by atoms with Crippen molar-refractivity contribution in [2.45, 2.75) is 44.3 Å². The van der Waals surface area contributed by atoms with Gasteiger partial charge in [-0.05, 0) is 54.8 Å². The van der Waals surface area contributed by atoms with Gasteiger partial charge < -0.3 is 24.4 Å². The van der Waals surface area contributed by atoms with Crippen LogP contribution < -0.4 is 19.5 Å². The Labute approximate surface area is 221 Å². The van der Waals surface area contributed by atoms with Crippen molar-refractivity contribution in [2.24, 2.45) is 0 Å². The minimum atomic E-state index is -0.998. The summed E-state index contributed by atoms with van der Waals surface area (Å²) in [5.41, 5.74) is 1.61. The van der Waals surface area contributed by atoms with E-state index in [9.17, 15) is 14.0 Å². The molecular weight excluding hydrogens is 487 g/mol. The number of hydrogen-bond acceptors (Lipinski definition) is 5. The predicted molar refractivity (Wildman–Crippen MR) is 140 cm³/mol. The topological polar surface area (TPSA) is 77.1 Å². The number of benzene rings is 3. The molecule has 1 heterocycles. The predicted octanol–water partition coefficient (Wildman–Crippen LogP) is 5.05. The van der Waals surface area contributed by atoms with E-state index in [0.29, 0.717) is 41.6 Å². The summed E-state index contributed by atoms with van der Waals surface area (Å²) in [6, 6.07) is 17.2. The molecule has 1 fully saturated rings. The summed E-state index contributed by atoms with van der Waals surface area (Å²) < 4.78 is 30.8. The zero-order chi connectivity index (χ0) is 26.5. The molecule has 5 rings (SSSR count). The van der Waals surface area contributed by atoms with Gasteiger partial charge in [0.25, 0.3) is 5.91 Å². The van der Waals surface area contributed by atoms with Crippen molar-refractivity contribution in [3.05, 3.63) is 89.2 Å². The van der Waals surface area contributed by atoms with Gasteiger partial charge in [-0.2, -0.15) is 0 Å². The number of carbonyl (C=O) groups excluding carboxylic acids is 2. The monoisotopic (exact) mass is 518 g/mol. The number of amides is 2. The number of nitrogens with one attached hydrogen (secondary N) is 1. The lowest BCUT2D eigenvalue weighted by Crippen LogP contribution is -2.46. The summed E-state index contributed by atoms with van der Waals surface area (Å²) in [6.45, 7) is 0.920. The minimum absolute atomic E-state index is 0.0444. The van der Waals surface area contributed by atoms with Crippen LogP contribution >= 0.6 is 0 Å². The number of methoxy groups -OCH3 is 1. The highest BCUT2D eigenvalue weighted by Crippen LogP contribution is 2.34. The molecule has 1 unspecified atom stereocenters. The SMILES string of the molecule is COc1ccccc1CN(C(=O)c1ccc2c(c1)OCCO2)C(C(=O)NC1CCCC1)c1ccc(F)cc1. The van der Waals surface area contributed by atoms with Gasteiger partial charge in [-0.3, -0.25) is 9.59 Å². The molecule has 0 radical (unpaired) electrons. The number of ether oxygens (including phenoxy) is 3. The second-order valence-electron chi connectivity index (χ2n) is 9.55. The molecule has 8 heteroatoms. The number of rotatable bonds is 8. The van der Waals surface area contributed by atoms with Crippen molar-refractivity contribution < 1.29 is 28.2 Å². The van der Waals surface area contributed by atoms with Crippen LogP contribution in [0.3, 0.4) is 0 Å². The molecule has 38 heavy (non-hydrogen) atoms. The fourth-order valence-electron chi connectivity index (χ4n) is 5.11. The number of fused-ring (bicyclic) bond motifs is 1. The van der Waals surface area contributed by atoms with E-state index in [4.69, 9.17) is 14.2 Å². The molecule has 7 nitrogen and oxygen atoms in total. The Morgan fingerprint density at radius 2 is 1.71 bits per heavy atom. The van der Waals surface area contributed by atoms with Crippen LogP contribution in [0.1, 0.15) is 53.2 Å². The highest BCUT2D eigenvalue weighted by atomic mass is 19.1. The van der Waals surface area contributed by atoms with Crippen molar-refractivity contribution in [2.75, 3.05) is 20.3 Å². The highest BCUT2D eigenvalue weighted by molar-refractivity contribution is 5.98. The van der Waals surface area contributed by atoms with Crippen molar-refractivity contribution in [3.8, 4) is 17.2 Å². The molecule has 1 aliphatic carbocycles. The summed E-state index contributed by atoms with van der Waals surface area (Å²) in [5, 5.41) is 3.14. The Morgan fingerprint density at radius 3 is 2.45 bits per heavy atom. The molecule has 2 aliphatic rings. The van der Waals surface area contributed by atoms with Crippen molar-refractivity contribution >= 4 is 11.8 Å². The van der Waals surface area contributed by atoms with Crippen LogP contribution in [0, 0.1) is 5.82 Å². The Morgan fingerprint density at radius 1 is 1.00 bits per heavy atom. The van der Waals surface area contributed by atoms with Crippen molar-refractivity contribution in [1.82, 2.24) is 10.2 Å². The van der Waals surface area contributed by atoms with E-state index in [0.717, 1.165) is 31.2 Å². The Kier molecular flexibility index (Phi) is 7.77. The molecule has 1 saturated carbocycles. The molecule has 0 bridgehead atoms. The van der Waals surface area contributed by atoms with Crippen LogP contribution in [0.5, 0.6) is 17.2 Å². The number of halogens is 1. The molecular formula is C30H31FN2O5. The van der Waals surface area contributed by atoms with E-state index in [1.807, 2.05) is 24.3 Å². The maximum absolute atomic E-state index is 14.2. The first-order chi connectivity index (χ1) is 18.5. The summed E-state index contributed by atoms with van der Waals surface area (Å²) in [5.74, 6) is 0.555. The van der Waals surface area contributed by atoms with Gasteiger partial charge >= 0.3 is 0 Å². The van der Waals surface area contributed by atoms with Crippen LogP contribution in [0.15, 0.2) is 66.7 Å². The third-order valence-corrected chi connectivity index (χ3v) is 7.03. The van der Waals surface area contributed by atoms with Gasteiger partial charge in [-0.15, -0.1) is 0 Å². The maximum Gasteiger partial charge on any atom is 0.255 e. The number of hydrogen-bond donors (Lipinski definition) is 1. The van der Waals surface area contributed by atoms with Crippen molar-refractivity contribution in [3.63, 3.8) is 0 Å². The number of nitrogens with zero attached hydrogens (tertiary/aromatic N) is 1. The standard InChI is InChI=1S/C30H31FN2O5/c1-36-25-9-5-2-6-22(25)19-33(30(35)21-12-15-26-27(18-21)38-17-16-37-26)28(20-10-13-23(31)14-11-20)29(34)32-24-7-3-4-8-24/h2,5-6,9-15,18,24,28H,3-4,7-8,16-17,19H2,1H3,(H,32,34). The van der Waals surface area contributed by atoms with Crippen LogP contribution in [-0.2, 0) is 11.3 Å². The first-order valence-electron chi connectivity index (χ1n) is 12.9. The Balaban J connectivity index is 1.57. The van der Waals surface area contributed by atoms with E-state index in [-0.39, 0.29) is 24.4 Å². The van der Waals surface area contributed by atoms with Crippen LogP contribution in [0.2, 0.25) is 0 Å². The maximum atomic E-state index is 14.2. The molecule has 0 spiro atoms. The summed E-state index contributed by atoms with van der Waals surface area (Å²) >= 11 is 0. The second-order valence-corrected chi connectivity index (χ2v) is 9.55. The molecule has 0 aromatic heterocycles. The Hall–Kier alpha value is -4.07.